The molecule has 0 radical (unpaired) electrons. The standard InChI is InChI=1S/C17H22BrN3/c1-11(2)19-10-15-12(3)20-17(21-13(15)4)9-14-7-5-6-8-16(14)18/h5-8,11,19H,9-10H2,1-4H3. The van der Waals surface area contributed by atoms with Crippen molar-refractivity contribution in [1.29, 1.82) is 0 Å². The third-order valence-electron chi connectivity index (χ3n) is 3.46. The monoisotopic (exact) mass is 347 g/mol. The Kier molecular flexibility index (Phi) is 5.48. The van der Waals surface area contributed by atoms with Gasteiger partial charge in [0, 0.05) is 40.4 Å². The van der Waals surface area contributed by atoms with Crippen LogP contribution in [0.2, 0.25) is 0 Å². The van der Waals surface area contributed by atoms with Gasteiger partial charge in [-0.2, -0.15) is 0 Å². The van der Waals surface area contributed by atoms with Crippen LogP contribution in [0.15, 0.2) is 28.7 Å². The first-order valence-electron chi connectivity index (χ1n) is 7.27. The smallest absolute Gasteiger partial charge is 0.133 e. The normalized spacial score (nSPS) is 11.1. The lowest BCUT2D eigenvalue weighted by atomic mass is 10.1. The van der Waals surface area contributed by atoms with E-state index in [1.165, 1.54) is 11.1 Å². The Labute approximate surface area is 135 Å². The maximum Gasteiger partial charge on any atom is 0.133 e. The summed E-state index contributed by atoms with van der Waals surface area (Å²) < 4.78 is 1.11. The number of nitrogens with one attached hydrogen (secondary N) is 1. The Hall–Kier alpha value is -1.26. The summed E-state index contributed by atoms with van der Waals surface area (Å²) in [5.74, 6) is 0.880. The lowest BCUT2D eigenvalue weighted by Gasteiger charge is -2.14. The van der Waals surface area contributed by atoms with Crippen molar-refractivity contribution in [3.63, 3.8) is 0 Å². The second-order valence-electron chi connectivity index (χ2n) is 5.59. The molecule has 3 nitrogen and oxygen atoms in total. The molecule has 1 heterocycles. The van der Waals surface area contributed by atoms with Gasteiger partial charge >= 0.3 is 0 Å². The highest BCUT2D eigenvalue weighted by molar-refractivity contribution is 9.10. The summed E-state index contributed by atoms with van der Waals surface area (Å²) >= 11 is 3.58. The van der Waals surface area contributed by atoms with Crippen LogP contribution in [-0.4, -0.2) is 16.0 Å². The van der Waals surface area contributed by atoms with Crippen molar-refractivity contribution in [2.75, 3.05) is 0 Å². The molecule has 0 aliphatic carbocycles. The van der Waals surface area contributed by atoms with Crippen LogP contribution in [0.4, 0.5) is 0 Å². The molecule has 0 saturated carbocycles. The third-order valence-corrected chi connectivity index (χ3v) is 4.23. The molecule has 1 aromatic carbocycles. The summed E-state index contributed by atoms with van der Waals surface area (Å²) in [5.41, 5.74) is 4.55. The molecule has 112 valence electrons. The number of aryl methyl sites for hydroxylation is 2. The first-order chi connectivity index (χ1) is 9.97. The van der Waals surface area contributed by atoms with Crippen LogP contribution >= 0.6 is 15.9 Å². The molecule has 1 aromatic heterocycles. The van der Waals surface area contributed by atoms with Crippen molar-refractivity contribution in [1.82, 2.24) is 15.3 Å². The zero-order valence-electron chi connectivity index (χ0n) is 13.1. The average Bonchev–Trinajstić information content (AvgIpc) is 2.40. The van der Waals surface area contributed by atoms with Gasteiger partial charge in [0.2, 0.25) is 0 Å². The number of benzene rings is 1. The highest BCUT2D eigenvalue weighted by Crippen LogP contribution is 2.19. The fraction of sp³-hybridized carbons (Fsp3) is 0.412. The molecule has 0 spiro atoms. The van der Waals surface area contributed by atoms with Crippen molar-refractivity contribution >= 4 is 15.9 Å². The lowest BCUT2D eigenvalue weighted by Crippen LogP contribution is -2.23. The fourth-order valence-electron chi connectivity index (χ4n) is 2.26. The van der Waals surface area contributed by atoms with Crippen molar-refractivity contribution in [2.24, 2.45) is 0 Å². The summed E-state index contributed by atoms with van der Waals surface area (Å²) in [5, 5.41) is 3.43. The van der Waals surface area contributed by atoms with Gasteiger partial charge < -0.3 is 5.32 Å². The molecular formula is C17H22BrN3. The molecule has 2 aromatic rings. The van der Waals surface area contributed by atoms with Gasteiger partial charge in [0.1, 0.15) is 5.82 Å². The van der Waals surface area contributed by atoms with E-state index >= 15 is 0 Å². The molecule has 0 amide bonds. The van der Waals surface area contributed by atoms with E-state index in [-0.39, 0.29) is 0 Å². The van der Waals surface area contributed by atoms with Crippen LogP contribution in [0.3, 0.4) is 0 Å². The van der Waals surface area contributed by atoms with Gasteiger partial charge in [-0.1, -0.05) is 48.0 Å². The number of hydrogen-bond acceptors (Lipinski definition) is 3. The Morgan fingerprint density at radius 3 is 2.29 bits per heavy atom. The van der Waals surface area contributed by atoms with Gasteiger partial charge in [0.05, 0.1) is 0 Å². The van der Waals surface area contributed by atoms with Gasteiger partial charge in [0.25, 0.3) is 0 Å². The Morgan fingerprint density at radius 1 is 1.10 bits per heavy atom. The van der Waals surface area contributed by atoms with Gasteiger partial charge in [0.15, 0.2) is 0 Å². The third kappa shape index (κ3) is 4.35. The first kappa shape index (κ1) is 16.1. The highest BCUT2D eigenvalue weighted by atomic mass is 79.9. The lowest BCUT2D eigenvalue weighted by molar-refractivity contribution is 0.582. The molecule has 0 atom stereocenters. The molecule has 1 N–H and O–H groups in total. The largest absolute Gasteiger partial charge is 0.310 e. The predicted molar refractivity (Wildman–Crippen MR) is 90.4 cm³/mol. The van der Waals surface area contributed by atoms with Crippen LogP contribution < -0.4 is 5.32 Å². The summed E-state index contributed by atoms with van der Waals surface area (Å²) in [6, 6.07) is 8.68. The van der Waals surface area contributed by atoms with Crippen molar-refractivity contribution in [2.45, 2.75) is 46.7 Å². The van der Waals surface area contributed by atoms with Crippen molar-refractivity contribution in [3.8, 4) is 0 Å². The number of halogens is 1. The number of nitrogens with zero attached hydrogens (tertiary/aromatic N) is 2. The topological polar surface area (TPSA) is 37.8 Å². The van der Waals surface area contributed by atoms with Crippen LogP contribution in [0.5, 0.6) is 0 Å². The van der Waals surface area contributed by atoms with E-state index in [0.717, 1.165) is 34.7 Å². The summed E-state index contributed by atoms with van der Waals surface area (Å²) in [6.45, 7) is 9.25. The molecule has 4 heteroatoms. The van der Waals surface area contributed by atoms with Gasteiger partial charge in [-0.25, -0.2) is 9.97 Å². The fourth-order valence-corrected chi connectivity index (χ4v) is 2.69. The zero-order valence-corrected chi connectivity index (χ0v) is 14.7. The maximum absolute atomic E-state index is 4.68. The van der Waals surface area contributed by atoms with Gasteiger partial charge in [-0.3, -0.25) is 0 Å². The minimum Gasteiger partial charge on any atom is -0.310 e. The molecule has 21 heavy (non-hydrogen) atoms. The molecule has 0 bridgehead atoms. The van der Waals surface area contributed by atoms with Gasteiger partial charge in [-0.05, 0) is 25.5 Å². The molecular weight excluding hydrogens is 326 g/mol. The first-order valence-corrected chi connectivity index (χ1v) is 8.06. The van der Waals surface area contributed by atoms with E-state index in [0.29, 0.717) is 6.04 Å². The predicted octanol–water partition coefficient (Wildman–Crippen LogP) is 3.94. The number of hydrogen-bond donors (Lipinski definition) is 1. The second-order valence-corrected chi connectivity index (χ2v) is 6.45. The number of rotatable bonds is 5. The Balaban J connectivity index is 2.21. The van der Waals surface area contributed by atoms with Gasteiger partial charge in [-0.15, -0.1) is 0 Å². The summed E-state index contributed by atoms with van der Waals surface area (Å²) in [6.07, 6.45) is 0.751. The van der Waals surface area contributed by atoms with Crippen LogP contribution in [0, 0.1) is 13.8 Å². The molecule has 0 unspecified atom stereocenters. The zero-order chi connectivity index (χ0) is 15.4. The minimum atomic E-state index is 0.462. The maximum atomic E-state index is 4.68. The average molecular weight is 348 g/mol. The van der Waals surface area contributed by atoms with E-state index < -0.39 is 0 Å². The summed E-state index contributed by atoms with van der Waals surface area (Å²) in [7, 11) is 0. The van der Waals surface area contributed by atoms with Crippen molar-refractivity contribution in [3.05, 3.63) is 57.1 Å². The van der Waals surface area contributed by atoms with E-state index in [2.05, 4.69) is 71.0 Å². The molecule has 0 fully saturated rings. The van der Waals surface area contributed by atoms with Crippen LogP contribution in [0.25, 0.3) is 0 Å². The van der Waals surface area contributed by atoms with E-state index in [1.54, 1.807) is 0 Å². The van der Waals surface area contributed by atoms with Crippen molar-refractivity contribution < 1.29 is 0 Å². The van der Waals surface area contributed by atoms with Crippen LogP contribution in [-0.2, 0) is 13.0 Å². The SMILES string of the molecule is Cc1nc(Cc2ccccc2Br)nc(C)c1CNC(C)C. The Morgan fingerprint density at radius 2 is 1.71 bits per heavy atom. The highest BCUT2D eigenvalue weighted by Gasteiger charge is 2.10. The van der Waals surface area contributed by atoms with E-state index in [1.807, 2.05) is 12.1 Å². The van der Waals surface area contributed by atoms with E-state index in [9.17, 15) is 0 Å². The minimum absolute atomic E-state index is 0.462. The number of aromatic nitrogens is 2. The molecule has 0 aliphatic heterocycles. The van der Waals surface area contributed by atoms with E-state index in [4.69, 9.17) is 0 Å². The quantitative estimate of drug-likeness (QED) is 0.889. The second kappa shape index (κ2) is 7.14. The molecule has 0 saturated heterocycles. The summed E-state index contributed by atoms with van der Waals surface area (Å²) in [4.78, 5) is 9.35. The molecule has 2 rings (SSSR count). The Bertz CT molecular complexity index is 600. The molecule has 0 aliphatic rings. The van der Waals surface area contributed by atoms with Crippen LogP contribution in [0.1, 0.15) is 42.2 Å².